The molecule has 1 aromatic carbocycles. The fourth-order valence-electron chi connectivity index (χ4n) is 1.97. The average molecular weight is 321 g/mol. The maximum atomic E-state index is 11.8. The van der Waals surface area contributed by atoms with Gasteiger partial charge in [-0.3, -0.25) is 4.79 Å². The van der Waals surface area contributed by atoms with E-state index in [0.717, 1.165) is 18.5 Å². The summed E-state index contributed by atoms with van der Waals surface area (Å²) in [5.74, 6) is -0.0408. The Labute approximate surface area is 139 Å². The number of amides is 1. The van der Waals surface area contributed by atoms with Crippen molar-refractivity contribution in [3.8, 4) is 0 Å². The maximum Gasteiger partial charge on any atom is 0.242 e. The Morgan fingerprint density at radius 2 is 1.86 bits per heavy atom. The molecule has 0 saturated carbocycles. The van der Waals surface area contributed by atoms with Crippen LogP contribution in [0.4, 0.5) is 5.69 Å². The number of hydrogen-bond donors (Lipinski definition) is 3. The molecule has 0 unspecified atom stereocenters. The van der Waals surface area contributed by atoms with E-state index in [9.17, 15) is 4.79 Å². The van der Waals surface area contributed by atoms with Gasteiger partial charge in [-0.15, -0.1) is 0 Å². The van der Waals surface area contributed by atoms with Crippen LogP contribution in [-0.2, 0) is 11.2 Å². The Hall–Kier alpha value is -1.62. The van der Waals surface area contributed by atoms with Gasteiger partial charge >= 0.3 is 0 Å². The number of unbranched alkanes of at least 4 members (excludes halogenated alkanes) is 1. The molecule has 1 amide bonds. The summed E-state index contributed by atoms with van der Waals surface area (Å²) in [5.41, 5.74) is 2.26. The Morgan fingerprint density at radius 1 is 1.18 bits per heavy atom. The molecule has 0 aliphatic heterocycles. The van der Waals surface area contributed by atoms with Gasteiger partial charge in [0, 0.05) is 12.2 Å². The van der Waals surface area contributed by atoms with Crippen molar-refractivity contribution >= 4 is 28.9 Å². The zero-order valence-electron chi connectivity index (χ0n) is 13.7. The molecule has 0 spiro atoms. The number of carbonyl (C=O) groups is 1. The average Bonchev–Trinajstić information content (AvgIpc) is 2.51. The van der Waals surface area contributed by atoms with Crippen molar-refractivity contribution in [1.29, 1.82) is 0 Å². The minimum Gasteiger partial charge on any atom is -0.354 e. The van der Waals surface area contributed by atoms with Crippen LogP contribution in [0.3, 0.4) is 0 Å². The van der Waals surface area contributed by atoms with Gasteiger partial charge in [-0.05, 0) is 56.1 Å². The second-order valence-corrected chi connectivity index (χ2v) is 5.82. The van der Waals surface area contributed by atoms with Crippen LogP contribution >= 0.6 is 12.2 Å². The summed E-state index contributed by atoms with van der Waals surface area (Å²) in [5, 5.41) is 9.40. The van der Waals surface area contributed by atoms with Gasteiger partial charge in [0.05, 0.1) is 0 Å². The Kier molecular flexibility index (Phi) is 8.51. The van der Waals surface area contributed by atoms with Crippen molar-refractivity contribution in [2.24, 2.45) is 0 Å². The van der Waals surface area contributed by atoms with Gasteiger partial charge < -0.3 is 16.0 Å². The zero-order chi connectivity index (χ0) is 16.4. The van der Waals surface area contributed by atoms with E-state index >= 15 is 0 Å². The van der Waals surface area contributed by atoms with Crippen molar-refractivity contribution < 1.29 is 4.79 Å². The van der Waals surface area contributed by atoms with E-state index in [0.29, 0.717) is 11.7 Å². The molecule has 4 nitrogen and oxygen atoms in total. The molecule has 1 rings (SSSR count). The molecular weight excluding hydrogens is 294 g/mol. The molecule has 0 radical (unpaired) electrons. The van der Waals surface area contributed by atoms with Crippen LogP contribution in [0.1, 0.15) is 45.6 Å². The number of hydrogen-bond acceptors (Lipinski definition) is 2. The molecule has 0 aliphatic rings. The first kappa shape index (κ1) is 18.4. The van der Waals surface area contributed by atoms with Crippen molar-refractivity contribution in [3.63, 3.8) is 0 Å². The molecule has 122 valence electrons. The van der Waals surface area contributed by atoms with E-state index in [1.54, 1.807) is 6.92 Å². The summed E-state index contributed by atoms with van der Waals surface area (Å²) in [6.07, 6.45) is 4.43. The summed E-state index contributed by atoms with van der Waals surface area (Å²) in [6, 6.07) is 7.90. The summed E-state index contributed by atoms with van der Waals surface area (Å²) in [4.78, 5) is 11.8. The number of benzene rings is 1. The highest BCUT2D eigenvalue weighted by atomic mass is 32.1. The predicted molar refractivity (Wildman–Crippen MR) is 97.2 cm³/mol. The quantitative estimate of drug-likeness (QED) is 0.644. The lowest BCUT2D eigenvalue weighted by Crippen LogP contribution is -2.46. The van der Waals surface area contributed by atoms with Crippen LogP contribution in [0.2, 0.25) is 0 Å². The fourth-order valence-corrected chi connectivity index (χ4v) is 2.26. The van der Waals surface area contributed by atoms with E-state index in [4.69, 9.17) is 12.2 Å². The second kappa shape index (κ2) is 10.2. The lowest BCUT2D eigenvalue weighted by molar-refractivity contribution is -0.122. The van der Waals surface area contributed by atoms with Gasteiger partial charge in [-0.25, -0.2) is 0 Å². The van der Waals surface area contributed by atoms with E-state index < -0.39 is 0 Å². The van der Waals surface area contributed by atoms with Gasteiger partial charge in [0.15, 0.2) is 5.11 Å². The topological polar surface area (TPSA) is 53.2 Å². The summed E-state index contributed by atoms with van der Waals surface area (Å²) < 4.78 is 0. The number of rotatable bonds is 8. The van der Waals surface area contributed by atoms with Crippen LogP contribution in [0.25, 0.3) is 0 Å². The normalized spacial score (nSPS) is 11.6. The zero-order valence-corrected chi connectivity index (χ0v) is 14.6. The van der Waals surface area contributed by atoms with E-state index in [2.05, 4.69) is 35.0 Å². The Morgan fingerprint density at radius 3 is 2.45 bits per heavy atom. The third kappa shape index (κ3) is 6.89. The second-order valence-electron chi connectivity index (χ2n) is 5.41. The fraction of sp³-hybridized carbons (Fsp3) is 0.529. The van der Waals surface area contributed by atoms with Crippen LogP contribution in [0.15, 0.2) is 24.3 Å². The molecule has 0 saturated heterocycles. The number of anilines is 1. The SMILES string of the molecule is CCCCc1ccc(NC(=S)N[C@H](C)C(=O)NCCC)cc1. The standard InChI is InChI=1S/C17H27N3OS/c1-4-6-7-14-8-10-15(11-9-14)20-17(22)19-13(3)16(21)18-12-5-2/h8-11,13H,4-7,12H2,1-3H3,(H,18,21)(H2,19,20,22)/t13-/m1/s1. The molecule has 1 atom stereocenters. The van der Waals surface area contributed by atoms with Crippen LogP contribution in [0, 0.1) is 0 Å². The molecule has 5 heteroatoms. The van der Waals surface area contributed by atoms with Gasteiger partial charge in [-0.2, -0.15) is 0 Å². The predicted octanol–water partition coefficient (Wildman–Crippen LogP) is 3.23. The number of aryl methyl sites for hydroxylation is 1. The highest BCUT2D eigenvalue weighted by molar-refractivity contribution is 7.80. The molecule has 1 aromatic rings. The van der Waals surface area contributed by atoms with E-state index in [1.807, 2.05) is 19.1 Å². The van der Waals surface area contributed by atoms with Crippen molar-refractivity contribution in [2.45, 2.75) is 52.5 Å². The number of nitrogens with one attached hydrogen (secondary N) is 3. The van der Waals surface area contributed by atoms with Gasteiger partial charge in [0.25, 0.3) is 0 Å². The molecular formula is C17H27N3OS. The molecule has 0 bridgehead atoms. The monoisotopic (exact) mass is 321 g/mol. The van der Waals surface area contributed by atoms with Gasteiger partial charge in [0.2, 0.25) is 5.91 Å². The Balaban J connectivity index is 2.42. The minimum absolute atomic E-state index is 0.0408. The highest BCUT2D eigenvalue weighted by Crippen LogP contribution is 2.11. The molecule has 0 aliphatic carbocycles. The van der Waals surface area contributed by atoms with Crippen LogP contribution in [0.5, 0.6) is 0 Å². The number of thiocarbonyl (C=S) groups is 1. The third-order valence-corrected chi connectivity index (χ3v) is 3.54. The Bertz CT molecular complexity index is 473. The third-order valence-electron chi connectivity index (χ3n) is 3.32. The van der Waals surface area contributed by atoms with Crippen molar-refractivity contribution in [2.75, 3.05) is 11.9 Å². The maximum absolute atomic E-state index is 11.8. The minimum atomic E-state index is -0.352. The summed E-state index contributed by atoms with van der Waals surface area (Å²) in [6.45, 7) is 6.70. The lowest BCUT2D eigenvalue weighted by atomic mass is 10.1. The first-order chi connectivity index (χ1) is 10.6. The van der Waals surface area contributed by atoms with E-state index in [1.165, 1.54) is 18.4 Å². The molecule has 0 aromatic heterocycles. The van der Waals surface area contributed by atoms with Gasteiger partial charge in [0.1, 0.15) is 6.04 Å². The van der Waals surface area contributed by atoms with Gasteiger partial charge in [-0.1, -0.05) is 32.4 Å². The van der Waals surface area contributed by atoms with Crippen LogP contribution in [-0.4, -0.2) is 23.6 Å². The highest BCUT2D eigenvalue weighted by Gasteiger charge is 2.12. The summed E-state index contributed by atoms with van der Waals surface area (Å²) in [7, 11) is 0. The van der Waals surface area contributed by atoms with Crippen molar-refractivity contribution in [3.05, 3.63) is 29.8 Å². The van der Waals surface area contributed by atoms with Crippen molar-refractivity contribution in [1.82, 2.24) is 10.6 Å². The smallest absolute Gasteiger partial charge is 0.242 e. The van der Waals surface area contributed by atoms with Crippen LogP contribution < -0.4 is 16.0 Å². The first-order valence-electron chi connectivity index (χ1n) is 8.01. The summed E-state index contributed by atoms with van der Waals surface area (Å²) >= 11 is 5.24. The molecule has 22 heavy (non-hydrogen) atoms. The number of carbonyl (C=O) groups excluding carboxylic acids is 1. The van der Waals surface area contributed by atoms with E-state index in [-0.39, 0.29) is 11.9 Å². The largest absolute Gasteiger partial charge is 0.354 e. The molecule has 3 N–H and O–H groups in total. The lowest BCUT2D eigenvalue weighted by Gasteiger charge is -2.16. The molecule has 0 heterocycles. The molecule has 0 fully saturated rings. The first-order valence-corrected chi connectivity index (χ1v) is 8.41.